The number of ether oxygens (including phenoxy) is 1. The van der Waals surface area contributed by atoms with Gasteiger partial charge in [0, 0.05) is 6.61 Å². The summed E-state index contributed by atoms with van der Waals surface area (Å²) in [6.07, 6.45) is 15.9. The summed E-state index contributed by atoms with van der Waals surface area (Å²) in [7, 11) is 0. The topological polar surface area (TPSA) is 9.23 Å². The quantitative estimate of drug-likeness (QED) is 0.489. The maximum Gasteiger partial charge on any atom is 0.0647 e. The van der Waals surface area contributed by atoms with Gasteiger partial charge in [-0.25, -0.2) is 0 Å². The lowest BCUT2D eigenvalue weighted by atomic mass is 9.69. The molecular weight excluding hydrogens is 232 g/mol. The summed E-state index contributed by atoms with van der Waals surface area (Å²) < 4.78 is 5.72. The third-order valence-corrected chi connectivity index (χ3v) is 5.42. The maximum atomic E-state index is 5.72. The number of allylic oxidation sites excluding steroid dienone is 1. The Labute approximate surface area is 119 Å². The van der Waals surface area contributed by atoms with Crippen LogP contribution < -0.4 is 0 Å². The van der Waals surface area contributed by atoms with Gasteiger partial charge in [-0.05, 0) is 69.1 Å². The van der Waals surface area contributed by atoms with Crippen molar-refractivity contribution in [2.24, 2.45) is 23.7 Å². The SMILES string of the molecule is C/C=C\COCC1CCC([C@H]2CC[C@H](C)CC2)CC1. The second kappa shape index (κ2) is 8.09. The molecule has 0 aromatic carbocycles. The van der Waals surface area contributed by atoms with Crippen LogP contribution in [-0.2, 0) is 4.74 Å². The van der Waals surface area contributed by atoms with Crippen LogP contribution in [0.15, 0.2) is 12.2 Å². The lowest BCUT2D eigenvalue weighted by Crippen LogP contribution is -2.26. The number of hydrogen-bond donors (Lipinski definition) is 0. The van der Waals surface area contributed by atoms with E-state index in [1.54, 1.807) is 0 Å². The lowest BCUT2D eigenvalue weighted by molar-refractivity contribution is 0.0791. The second-order valence-electron chi connectivity index (χ2n) is 6.91. The zero-order valence-electron chi connectivity index (χ0n) is 12.9. The van der Waals surface area contributed by atoms with Crippen molar-refractivity contribution in [3.8, 4) is 0 Å². The van der Waals surface area contributed by atoms with E-state index in [-0.39, 0.29) is 0 Å². The molecule has 2 aliphatic carbocycles. The molecule has 19 heavy (non-hydrogen) atoms. The molecule has 0 N–H and O–H groups in total. The Morgan fingerprint density at radius 3 is 2.05 bits per heavy atom. The van der Waals surface area contributed by atoms with Crippen molar-refractivity contribution >= 4 is 0 Å². The van der Waals surface area contributed by atoms with E-state index in [0.29, 0.717) is 0 Å². The fourth-order valence-corrected chi connectivity index (χ4v) is 3.98. The van der Waals surface area contributed by atoms with Gasteiger partial charge in [0.25, 0.3) is 0 Å². The maximum absolute atomic E-state index is 5.72. The summed E-state index contributed by atoms with van der Waals surface area (Å²) in [4.78, 5) is 0. The Balaban J connectivity index is 1.62. The van der Waals surface area contributed by atoms with Crippen LogP contribution in [0.5, 0.6) is 0 Å². The molecule has 2 saturated carbocycles. The molecule has 0 unspecified atom stereocenters. The van der Waals surface area contributed by atoms with E-state index >= 15 is 0 Å². The molecule has 0 aliphatic heterocycles. The van der Waals surface area contributed by atoms with Gasteiger partial charge in [0.05, 0.1) is 6.61 Å². The highest BCUT2D eigenvalue weighted by atomic mass is 16.5. The predicted molar refractivity (Wildman–Crippen MR) is 82.2 cm³/mol. The highest BCUT2D eigenvalue weighted by Gasteiger charge is 2.29. The van der Waals surface area contributed by atoms with Gasteiger partial charge < -0.3 is 4.74 Å². The first-order chi connectivity index (χ1) is 9.29. The average molecular weight is 264 g/mol. The molecule has 0 spiro atoms. The van der Waals surface area contributed by atoms with E-state index < -0.39 is 0 Å². The fourth-order valence-electron chi connectivity index (χ4n) is 3.98. The minimum atomic E-state index is 0.803. The molecule has 1 heteroatoms. The van der Waals surface area contributed by atoms with Crippen LogP contribution in [0, 0.1) is 23.7 Å². The van der Waals surface area contributed by atoms with Crippen molar-refractivity contribution < 1.29 is 4.74 Å². The van der Waals surface area contributed by atoms with E-state index in [0.717, 1.165) is 36.9 Å². The van der Waals surface area contributed by atoms with Crippen molar-refractivity contribution in [2.75, 3.05) is 13.2 Å². The van der Waals surface area contributed by atoms with Gasteiger partial charge in [-0.15, -0.1) is 0 Å². The highest BCUT2D eigenvalue weighted by Crippen LogP contribution is 2.41. The minimum Gasteiger partial charge on any atom is -0.377 e. The molecule has 0 radical (unpaired) electrons. The monoisotopic (exact) mass is 264 g/mol. The van der Waals surface area contributed by atoms with Crippen LogP contribution >= 0.6 is 0 Å². The smallest absolute Gasteiger partial charge is 0.0647 e. The van der Waals surface area contributed by atoms with Gasteiger partial charge in [-0.2, -0.15) is 0 Å². The Bertz CT molecular complexity index is 255. The molecule has 110 valence electrons. The molecule has 0 bridgehead atoms. The molecule has 2 fully saturated rings. The molecule has 0 saturated heterocycles. The van der Waals surface area contributed by atoms with Crippen molar-refractivity contribution in [1.82, 2.24) is 0 Å². The average Bonchev–Trinajstić information content (AvgIpc) is 2.45. The van der Waals surface area contributed by atoms with Crippen molar-refractivity contribution in [3.63, 3.8) is 0 Å². The second-order valence-corrected chi connectivity index (χ2v) is 6.91. The lowest BCUT2D eigenvalue weighted by Gasteiger charge is -2.37. The molecule has 0 heterocycles. The molecule has 0 atom stereocenters. The Morgan fingerprint density at radius 1 is 0.895 bits per heavy atom. The van der Waals surface area contributed by atoms with Gasteiger partial charge in [-0.1, -0.05) is 31.9 Å². The van der Waals surface area contributed by atoms with Crippen LogP contribution in [0.25, 0.3) is 0 Å². The van der Waals surface area contributed by atoms with Crippen LogP contribution in [0.3, 0.4) is 0 Å². The van der Waals surface area contributed by atoms with Gasteiger partial charge in [0.1, 0.15) is 0 Å². The number of rotatable bonds is 5. The van der Waals surface area contributed by atoms with Crippen molar-refractivity contribution in [3.05, 3.63) is 12.2 Å². The normalized spacial score (nSPS) is 36.7. The largest absolute Gasteiger partial charge is 0.377 e. The van der Waals surface area contributed by atoms with Gasteiger partial charge in [0.15, 0.2) is 0 Å². The summed E-state index contributed by atoms with van der Waals surface area (Å²) in [5.41, 5.74) is 0. The first kappa shape index (κ1) is 15.1. The van der Waals surface area contributed by atoms with Crippen molar-refractivity contribution in [1.29, 1.82) is 0 Å². The van der Waals surface area contributed by atoms with E-state index in [2.05, 4.69) is 26.0 Å². The van der Waals surface area contributed by atoms with Crippen LogP contribution in [0.1, 0.15) is 65.2 Å². The minimum absolute atomic E-state index is 0.803. The Hall–Kier alpha value is -0.300. The zero-order chi connectivity index (χ0) is 13.5. The summed E-state index contributed by atoms with van der Waals surface area (Å²) >= 11 is 0. The van der Waals surface area contributed by atoms with Crippen LogP contribution in [0.2, 0.25) is 0 Å². The molecular formula is C18H32O. The summed E-state index contributed by atoms with van der Waals surface area (Å²) in [5.74, 6) is 3.93. The fraction of sp³-hybridized carbons (Fsp3) is 0.889. The first-order valence-electron chi connectivity index (χ1n) is 8.48. The zero-order valence-corrected chi connectivity index (χ0v) is 12.9. The Morgan fingerprint density at radius 2 is 1.47 bits per heavy atom. The van der Waals surface area contributed by atoms with E-state index in [1.165, 1.54) is 51.4 Å². The standard InChI is InChI=1S/C18H32O/c1-3-4-13-19-14-16-7-11-18(12-8-16)17-9-5-15(2)6-10-17/h3-4,15-18H,5-14H2,1-2H3/b4-3-/t15-,16?,17-,18?. The van der Waals surface area contributed by atoms with E-state index in [1.807, 2.05) is 0 Å². The molecule has 0 aromatic heterocycles. The van der Waals surface area contributed by atoms with Crippen LogP contribution in [-0.4, -0.2) is 13.2 Å². The third kappa shape index (κ3) is 4.95. The summed E-state index contributed by atoms with van der Waals surface area (Å²) in [5, 5.41) is 0. The third-order valence-electron chi connectivity index (χ3n) is 5.42. The highest BCUT2D eigenvalue weighted by molar-refractivity contribution is 4.81. The predicted octanol–water partition coefficient (Wildman–Crippen LogP) is 5.21. The Kier molecular flexibility index (Phi) is 6.43. The first-order valence-corrected chi connectivity index (χ1v) is 8.48. The van der Waals surface area contributed by atoms with Gasteiger partial charge >= 0.3 is 0 Å². The summed E-state index contributed by atoms with van der Waals surface area (Å²) in [6, 6.07) is 0. The number of hydrogen-bond acceptors (Lipinski definition) is 1. The van der Waals surface area contributed by atoms with Gasteiger partial charge in [-0.3, -0.25) is 0 Å². The van der Waals surface area contributed by atoms with Gasteiger partial charge in [0.2, 0.25) is 0 Å². The summed E-state index contributed by atoms with van der Waals surface area (Å²) in [6.45, 7) is 6.27. The van der Waals surface area contributed by atoms with E-state index in [9.17, 15) is 0 Å². The van der Waals surface area contributed by atoms with Crippen molar-refractivity contribution in [2.45, 2.75) is 65.2 Å². The molecule has 1 nitrogen and oxygen atoms in total. The molecule has 0 aromatic rings. The van der Waals surface area contributed by atoms with E-state index in [4.69, 9.17) is 4.74 Å². The molecule has 2 aliphatic rings. The van der Waals surface area contributed by atoms with Crippen LogP contribution in [0.4, 0.5) is 0 Å². The molecule has 2 rings (SSSR count). The molecule has 0 amide bonds.